The van der Waals surface area contributed by atoms with E-state index in [9.17, 15) is 4.79 Å². The van der Waals surface area contributed by atoms with Gasteiger partial charge in [-0.1, -0.05) is 6.07 Å². The second-order valence-corrected chi connectivity index (χ2v) is 8.71. The van der Waals surface area contributed by atoms with Gasteiger partial charge in [-0.15, -0.1) is 22.7 Å². The maximum Gasteiger partial charge on any atom is 0.246 e. The molecular weight excluding hydrogens is 338 g/mol. The standard InChI is InChI=1S/C18H21N3OS2/c1-13-19-16(12-24-13)11-20-7-14-9-21(10-15(14)8-20)18(22)5-4-17-3-2-6-23-17/h2-6,12,14-15H,7-11H2,1H3/b5-4+. The number of fused-ring (bicyclic) bond motifs is 1. The van der Waals surface area contributed by atoms with Crippen molar-refractivity contribution in [1.82, 2.24) is 14.8 Å². The summed E-state index contributed by atoms with van der Waals surface area (Å²) >= 11 is 3.38. The average molecular weight is 360 g/mol. The van der Waals surface area contributed by atoms with Gasteiger partial charge in [0.2, 0.25) is 5.91 Å². The normalized spacial score (nSPS) is 24.1. The van der Waals surface area contributed by atoms with Crippen LogP contribution in [0.3, 0.4) is 0 Å². The van der Waals surface area contributed by atoms with Gasteiger partial charge in [-0.2, -0.15) is 0 Å². The van der Waals surface area contributed by atoms with Crippen molar-refractivity contribution in [2.24, 2.45) is 11.8 Å². The van der Waals surface area contributed by atoms with E-state index in [-0.39, 0.29) is 5.91 Å². The summed E-state index contributed by atoms with van der Waals surface area (Å²) in [5.41, 5.74) is 1.18. The quantitative estimate of drug-likeness (QED) is 0.787. The van der Waals surface area contributed by atoms with Crippen LogP contribution in [0.25, 0.3) is 6.08 Å². The lowest BCUT2D eigenvalue weighted by molar-refractivity contribution is -0.125. The Morgan fingerprint density at radius 3 is 2.71 bits per heavy atom. The van der Waals surface area contributed by atoms with Crippen LogP contribution >= 0.6 is 22.7 Å². The SMILES string of the molecule is Cc1nc(CN2CC3CN(C(=O)/C=C/c4cccs4)CC3C2)cs1. The van der Waals surface area contributed by atoms with Gasteiger partial charge in [-0.3, -0.25) is 9.69 Å². The van der Waals surface area contributed by atoms with Crippen LogP contribution in [-0.2, 0) is 11.3 Å². The topological polar surface area (TPSA) is 36.4 Å². The first-order valence-corrected chi connectivity index (χ1v) is 10.1. The van der Waals surface area contributed by atoms with Gasteiger partial charge >= 0.3 is 0 Å². The molecule has 4 nitrogen and oxygen atoms in total. The van der Waals surface area contributed by atoms with Crippen LogP contribution in [0.2, 0.25) is 0 Å². The average Bonchev–Trinajstić information content (AvgIpc) is 3.29. The third kappa shape index (κ3) is 3.45. The van der Waals surface area contributed by atoms with Gasteiger partial charge < -0.3 is 4.90 Å². The van der Waals surface area contributed by atoms with Gasteiger partial charge in [0.25, 0.3) is 0 Å². The summed E-state index contributed by atoms with van der Waals surface area (Å²) in [5.74, 6) is 1.38. The number of hydrogen-bond acceptors (Lipinski definition) is 5. The largest absolute Gasteiger partial charge is 0.338 e. The Morgan fingerprint density at radius 1 is 1.29 bits per heavy atom. The molecule has 6 heteroatoms. The zero-order valence-corrected chi connectivity index (χ0v) is 15.4. The van der Waals surface area contributed by atoms with Crippen LogP contribution in [0, 0.1) is 18.8 Å². The Kier molecular flexibility index (Phi) is 4.52. The van der Waals surface area contributed by atoms with Gasteiger partial charge in [-0.05, 0) is 36.3 Å². The van der Waals surface area contributed by atoms with E-state index in [1.165, 1.54) is 5.69 Å². The van der Waals surface area contributed by atoms with E-state index in [2.05, 4.69) is 22.2 Å². The van der Waals surface area contributed by atoms with Crippen LogP contribution in [-0.4, -0.2) is 46.9 Å². The number of carbonyl (C=O) groups excluding carboxylic acids is 1. The summed E-state index contributed by atoms with van der Waals surface area (Å²) in [6.07, 6.45) is 3.65. The number of aromatic nitrogens is 1. The van der Waals surface area contributed by atoms with Gasteiger partial charge in [-0.25, -0.2) is 4.98 Å². The van der Waals surface area contributed by atoms with Crippen molar-refractivity contribution in [1.29, 1.82) is 0 Å². The Hall–Kier alpha value is -1.50. The number of likely N-dealkylation sites (tertiary alicyclic amines) is 2. The fourth-order valence-corrected chi connectivity index (χ4v) is 4.98. The van der Waals surface area contributed by atoms with E-state index in [0.717, 1.165) is 42.6 Å². The lowest BCUT2D eigenvalue weighted by Gasteiger charge is -2.20. The van der Waals surface area contributed by atoms with E-state index < -0.39 is 0 Å². The van der Waals surface area contributed by atoms with E-state index >= 15 is 0 Å². The molecule has 0 spiro atoms. The summed E-state index contributed by atoms with van der Waals surface area (Å²) in [6, 6.07) is 4.04. The number of amides is 1. The summed E-state index contributed by atoms with van der Waals surface area (Å²) in [4.78, 5) is 22.6. The molecule has 1 amide bonds. The summed E-state index contributed by atoms with van der Waals surface area (Å²) in [7, 11) is 0. The van der Waals surface area contributed by atoms with E-state index in [4.69, 9.17) is 0 Å². The molecule has 2 aromatic heterocycles. The highest BCUT2D eigenvalue weighted by atomic mass is 32.1. The van der Waals surface area contributed by atoms with E-state index in [1.807, 2.05) is 28.5 Å². The molecule has 0 aliphatic carbocycles. The predicted molar refractivity (Wildman–Crippen MR) is 99.0 cm³/mol. The summed E-state index contributed by atoms with van der Waals surface area (Å²) in [5, 5.41) is 5.33. The van der Waals surface area contributed by atoms with E-state index in [0.29, 0.717) is 11.8 Å². The van der Waals surface area contributed by atoms with Gasteiger partial charge in [0.15, 0.2) is 0 Å². The molecule has 2 aliphatic rings. The highest BCUT2D eigenvalue weighted by molar-refractivity contribution is 7.10. The molecule has 126 valence electrons. The predicted octanol–water partition coefficient (Wildman–Crippen LogP) is 3.12. The molecule has 2 fully saturated rings. The molecule has 2 aromatic rings. The molecule has 2 unspecified atom stereocenters. The number of rotatable bonds is 4. The molecule has 24 heavy (non-hydrogen) atoms. The lowest BCUT2D eigenvalue weighted by Crippen LogP contribution is -2.32. The molecule has 2 aliphatic heterocycles. The first-order valence-electron chi connectivity index (χ1n) is 8.31. The number of hydrogen-bond donors (Lipinski definition) is 0. The van der Waals surface area contributed by atoms with Crippen LogP contribution in [0.15, 0.2) is 29.0 Å². The number of thiophene rings is 1. The Morgan fingerprint density at radius 2 is 2.08 bits per heavy atom. The second-order valence-electron chi connectivity index (χ2n) is 6.66. The molecule has 2 atom stereocenters. The third-order valence-corrected chi connectivity index (χ3v) is 6.52. The molecule has 0 saturated carbocycles. The highest BCUT2D eigenvalue weighted by Crippen LogP contribution is 2.32. The highest BCUT2D eigenvalue weighted by Gasteiger charge is 2.41. The smallest absolute Gasteiger partial charge is 0.246 e. The number of aryl methyl sites for hydroxylation is 1. The van der Waals surface area contributed by atoms with Crippen LogP contribution in [0.1, 0.15) is 15.6 Å². The maximum absolute atomic E-state index is 12.4. The molecule has 4 rings (SSSR count). The zero-order valence-electron chi connectivity index (χ0n) is 13.7. The minimum atomic E-state index is 0.152. The maximum atomic E-state index is 12.4. The Bertz CT molecular complexity index is 723. The van der Waals surface area contributed by atoms with Crippen molar-refractivity contribution in [2.75, 3.05) is 26.2 Å². The van der Waals surface area contributed by atoms with Crippen molar-refractivity contribution < 1.29 is 4.79 Å². The van der Waals surface area contributed by atoms with Gasteiger partial charge in [0.1, 0.15) is 0 Å². The first kappa shape index (κ1) is 16.0. The van der Waals surface area contributed by atoms with Crippen molar-refractivity contribution >= 4 is 34.7 Å². The molecule has 0 radical (unpaired) electrons. The molecule has 2 saturated heterocycles. The summed E-state index contributed by atoms with van der Waals surface area (Å²) < 4.78 is 0. The fourth-order valence-electron chi connectivity index (χ4n) is 3.75. The summed E-state index contributed by atoms with van der Waals surface area (Å²) in [6.45, 7) is 6.96. The monoisotopic (exact) mass is 359 g/mol. The van der Waals surface area contributed by atoms with Crippen LogP contribution < -0.4 is 0 Å². The van der Waals surface area contributed by atoms with Gasteiger partial charge in [0, 0.05) is 49.1 Å². The van der Waals surface area contributed by atoms with Crippen molar-refractivity contribution in [3.8, 4) is 0 Å². The number of thiazole rings is 1. The van der Waals surface area contributed by atoms with Crippen LogP contribution in [0.5, 0.6) is 0 Å². The van der Waals surface area contributed by atoms with Crippen molar-refractivity contribution in [3.05, 3.63) is 44.5 Å². The van der Waals surface area contributed by atoms with Crippen molar-refractivity contribution in [2.45, 2.75) is 13.5 Å². The fraction of sp³-hybridized carbons (Fsp3) is 0.444. The zero-order chi connectivity index (χ0) is 16.5. The molecule has 4 heterocycles. The lowest BCUT2D eigenvalue weighted by atomic mass is 10.0. The first-order chi connectivity index (χ1) is 11.7. The minimum absolute atomic E-state index is 0.152. The number of carbonyl (C=O) groups is 1. The Labute approximate surface area is 150 Å². The molecule has 0 aromatic carbocycles. The molecule has 0 N–H and O–H groups in total. The minimum Gasteiger partial charge on any atom is -0.338 e. The molecular formula is C18H21N3OS2. The van der Waals surface area contributed by atoms with E-state index in [1.54, 1.807) is 28.7 Å². The Balaban J connectivity index is 1.30. The molecule has 0 bridgehead atoms. The van der Waals surface area contributed by atoms with Crippen LogP contribution in [0.4, 0.5) is 0 Å². The third-order valence-electron chi connectivity index (χ3n) is 4.86. The van der Waals surface area contributed by atoms with Gasteiger partial charge in [0.05, 0.1) is 10.7 Å². The van der Waals surface area contributed by atoms with Crippen molar-refractivity contribution in [3.63, 3.8) is 0 Å². The number of nitrogens with zero attached hydrogens (tertiary/aromatic N) is 3. The second kappa shape index (κ2) is 6.78.